The van der Waals surface area contributed by atoms with Gasteiger partial charge in [-0.3, -0.25) is 0 Å². The van der Waals surface area contributed by atoms with Gasteiger partial charge in [0.15, 0.2) is 0 Å². The lowest BCUT2D eigenvalue weighted by Crippen LogP contribution is -2.51. The molecule has 3 rings (SSSR count). The molecule has 0 aliphatic carbocycles. The Hall–Kier alpha value is -1.04. The smallest absolute Gasteiger partial charge is 0.120 e. The van der Waals surface area contributed by atoms with E-state index in [4.69, 9.17) is 0 Å². The molecule has 3 heterocycles. The highest BCUT2D eigenvalue weighted by atomic mass is 16.6. The van der Waals surface area contributed by atoms with E-state index in [2.05, 4.69) is 4.98 Å². The van der Waals surface area contributed by atoms with Crippen molar-refractivity contribution in [2.75, 3.05) is 0 Å². The Balaban J connectivity index is 1.97. The average molecular weight is 379 g/mol. The molecule has 9 nitrogen and oxygen atoms in total. The standard InChI is InChI=1S/C18H29N5O4/c1-15(2)16(3,4)21(25)13(20(15)24)11-9-10-12(19-11)14-22(26)17(5,6)18(7,8)23(14)27/h9-10,13-14,19H,1-8H3/q-2. The third-order valence-corrected chi connectivity index (χ3v) is 7.37. The van der Waals surface area contributed by atoms with Gasteiger partial charge in [0, 0.05) is 22.5 Å². The SMILES string of the molecule is CC1(C)N([O])C(c2ccc(C3N([O])C(C)(C)C(C)(C)N3[O-])[nH]2)N([O-])C1(C)C. The molecule has 27 heavy (non-hydrogen) atoms. The molecule has 2 aliphatic heterocycles. The predicted octanol–water partition coefficient (Wildman–Crippen LogP) is 3.05. The van der Waals surface area contributed by atoms with Crippen molar-refractivity contribution in [3.05, 3.63) is 33.9 Å². The second-order valence-corrected chi connectivity index (χ2v) is 9.66. The highest BCUT2D eigenvalue weighted by Gasteiger charge is 2.57. The Morgan fingerprint density at radius 2 is 1.00 bits per heavy atom. The topological polar surface area (TPSA) is 115 Å². The molecule has 2 aliphatic rings. The molecule has 1 N–H and O–H groups in total. The molecule has 0 spiro atoms. The summed E-state index contributed by atoms with van der Waals surface area (Å²) in [5, 5.41) is 54.4. The van der Waals surface area contributed by atoms with Crippen LogP contribution in [-0.4, -0.2) is 47.4 Å². The van der Waals surface area contributed by atoms with Crippen LogP contribution in [-0.2, 0) is 10.4 Å². The largest absolute Gasteiger partial charge is 0.783 e. The van der Waals surface area contributed by atoms with Crippen molar-refractivity contribution in [1.82, 2.24) is 25.2 Å². The van der Waals surface area contributed by atoms with Crippen LogP contribution in [0.5, 0.6) is 0 Å². The molecule has 9 heteroatoms. The van der Waals surface area contributed by atoms with Crippen LogP contribution in [0.25, 0.3) is 0 Å². The summed E-state index contributed by atoms with van der Waals surface area (Å²) in [6.45, 7) is 13.9. The summed E-state index contributed by atoms with van der Waals surface area (Å²) in [5.74, 6) is 0. The summed E-state index contributed by atoms with van der Waals surface area (Å²) in [6, 6.07) is 3.21. The van der Waals surface area contributed by atoms with E-state index in [1.54, 1.807) is 67.5 Å². The Morgan fingerprint density at radius 1 is 0.704 bits per heavy atom. The molecular formula is C18H29N5O4-2. The van der Waals surface area contributed by atoms with E-state index >= 15 is 0 Å². The van der Waals surface area contributed by atoms with Crippen LogP contribution in [0.15, 0.2) is 12.1 Å². The summed E-state index contributed by atoms with van der Waals surface area (Å²) >= 11 is 0. The summed E-state index contributed by atoms with van der Waals surface area (Å²) in [5.41, 5.74) is -2.88. The summed E-state index contributed by atoms with van der Waals surface area (Å²) in [7, 11) is 0. The van der Waals surface area contributed by atoms with Crippen LogP contribution < -0.4 is 0 Å². The summed E-state index contributed by atoms with van der Waals surface area (Å²) < 4.78 is 0. The average Bonchev–Trinajstić information content (AvgIpc) is 3.09. The number of nitrogens with zero attached hydrogens (tertiary/aromatic N) is 4. The van der Waals surface area contributed by atoms with Gasteiger partial charge in [0.1, 0.15) is 12.3 Å². The summed E-state index contributed by atoms with van der Waals surface area (Å²) in [6.07, 6.45) is -2.13. The number of hydrogen-bond acceptors (Lipinski definition) is 6. The van der Waals surface area contributed by atoms with Crippen molar-refractivity contribution in [3.63, 3.8) is 0 Å². The van der Waals surface area contributed by atoms with E-state index in [-0.39, 0.29) is 0 Å². The monoisotopic (exact) mass is 379 g/mol. The molecule has 152 valence electrons. The minimum atomic E-state index is -1.06. The van der Waals surface area contributed by atoms with E-state index in [1.807, 2.05) is 0 Å². The minimum Gasteiger partial charge on any atom is -0.783 e. The molecule has 0 saturated carbocycles. The third kappa shape index (κ3) is 2.41. The van der Waals surface area contributed by atoms with Crippen molar-refractivity contribution in [1.29, 1.82) is 0 Å². The zero-order chi connectivity index (χ0) is 20.7. The quantitative estimate of drug-likeness (QED) is 0.844. The number of rotatable bonds is 2. The van der Waals surface area contributed by atoms with Gasteiger partial charge in [-0.15, -0.1) is 20.5 Å². The van der Waals surface area contributed by atoms with E-state index < -0.39 is 34.5 Å². The maximum Gasteiger partial charge on any atom is 0.120 e. The van der Waals surface area contributed by atoms with Gasteiger partial charge < -0.3 is 25.5 Å². The van der Waals surface area contributed by atoms with E-state index in [9.17, 15) is 20.8 Å². The number of nitrogens with one attached hydrogen (secondary N) is 1. The number of aromatic amines is 1. The Bertz CT molecular complexity index is 631. The molecule has 0 unspecified atom stereocenters. The van der Waals surface area contributed by atoms with Gasteiger partial charge in [0.2, 0.25) is 0 Å². The van der Waals surface area contributed by atoms with Gasteiger partial charge in [-0.2, -0.15) is 0 Å². The molecule has 2 fully saturated rings. The van der Waals surface area contributed by atoms with Crippen molar-refractivity contribution in [2.45, 2.75) is 89.9 Å². The first-order valence-electron chi connectivity index (χ1n) is 9.15. The zero-order valence-corrected chi connectivity index (χ0v) is 17.2. The fourth-order valence-electron chi connectivity index (χ4n) is 3.73. The van der Waals surface area contributed by atoms with Crippen molar-refractivity contribution >= 4 is 0 Å². The fraction of sp³-hybridized carbons (Fsp3) is 0.778. The van der Waals surface area contributed by atoms with Gasteiger partial charge in [0.05, 0.1) is 11.1 Å². The number of H-pyrrole nitrogens is 1. The van der Waals surface area contributed by atoms with E-state index in [0.29, 0.717) is 11.4 Å². The number of hydrogen-bond donors (Lipinski definition) is 1. The van der Waals surface area contributed by atoms with Gasteiger partial charge in [-0.05, 0) is 67.5 Å². The van der Waals surface area contributed by atoms with Gasteiger partial charge >= 0.3 is 0 Å². The molecule has 2 saturated heterocycles. The first-order valence-corrected chi connectivity index (χ1v) is 9.15. The Kier molecular flexibility index (Phi) is 4.40. The lowest BCUT2D eigenvalue weighted by molar-refractivity contribution is -0.234. The maximum atomic E-state index is 12.8. The van der Waals surface area contributed by atoms with Crippen LogP contribution in [0.3, 0.4) is 0 Å². The highest BCUT2D eigenvalue weighted by Crippen LogP contribution is 2.50. The zero-order valence-electron chi connectivity index (χ0n) is 17.2. The van der Waals surface area contributed by atoms with Crippen LogP contribution >= 0.6 is 0 Å². The van der Waals surface area contributed by atoms with Gasteiger partial charge in [-0.1, -0.05) is 0 Å². The Labute approximate surface area is 160 Å². The van der Waals surface area contributed by atoms with Crippen LogP contribution in [0.2, 0.25) is 0 Å². The molecule has 1 aromatic heterocycles. The van der Waals surface area contributed by atoms with Crippen molar-refractivity contribution < 1.29 is 10.4 Å². The van der Waals surface area contributed by atoms with Gasteiger partial charge in [0.25, 0.3) is 0 Å². The molecule has 2 radical (unpaired) electrons. The molecule has 0 atom stereocenters. The molecule has 0 bridgehead atoms. The molecular weight excluding hydrogens is 350 g/mol. The van der Waals surface area contributed by atoms with Crippen molar-refractivity contribution in [3.8, 4) is 0 Å². The van der Waals surface area contributed by atoms with Crippen LogP contribution in [0.1, 0.15) is 79.1 Å². The second kappa shape index (κ2) is 5.74. The molecule has 1 aromatic rings. The lowest BCUT2D eigenvalue weighted by Gasteiger charge is -2.44. The first-order chi connectivity index (χ1) is 12.1. The summed E-state index contributed by atoms with van der Waals surface area (Å²) in [4.78, 5) is 3.00. The lowest BCUT2D eigenvalue weighted by atomic mass is 9.84. The highest BCUT2D eigenvalue weighted by molar-refractivity contribution is 5.25. The number of aromatic nitrogens is 1. The first kappa shape index (κ1) is 20.7. The van der Waals surface area contributed by atoms with Crippen LogP contribution in [0.4, 0.5) is 0 Å². The molecule has 0 aromatic carbocycles. The van der Waals surface area contributed by atoms with E-state index in [0.717, 1.165) is 20.3 Å². The third-order valence-electron chi connectivity index (χ3n) is 7.37. The Morgan fingerprint density at radius 3 is 1.22 bits per heavy atom. The fourth-order valence-corrected chi connectivity index (χ4v) is 3.73. The predicted molar refractivity (Wildman–Crippen MR) is 98.1 cm³/mol. The van der Waals surface area contributed by atoms with Crippen LogP contribution in [0, 0.1) is 10.4 Å². The minimum absolute atomic E-state index is 0.373. The van der Waals surface area contributed by atoms with Crippen molar-refractivity contribution in [2.24, 2.45) is 0 Å². The number of hydroxylamine groups is 8. The van der Waals surface area contributed by atoms with E-state index in [1.165, 1.54) is 0 Å². The molecule has 0 amide bonds. The van der Waals surface area contributed by atoms with Gasteiger partial charge in [-0.25, -0.2) is 0 Å². The second-order valence-electron chi connectivity index (χ2n) is 9.66. The maximum absolute atomic E-state index is 12.8. The normalized spacial score (nSPS) is 33.8.